The summed E-state index contributed by atoms with van der Waals surface area (Å²) >= 11 is 0. The van der Waals surface area contributed by atoms with Crippen LogP contribution in [-0.4, -0.2) is 22.4 Å². The molecule has 3 heterocycles. The number of carbonyl (C=O) groups excluding carboxylic acids is 1. The van der Waals surface area contributed by atoms with E-state index in [4.69, 9.17) is 0 Å². The van der Waals surface area contributed by atoms with Gasteiger partial charge in [0.2, 0.25) is 0 Å². The highest BCUT2D eigenvalue weighted by Crippen LogP contribution is 2.39. The van der Waals surface area contributed by atoms with Crippen molar-refractivity contribution >= 4 is 5.91 Å². The van der Waals surface area contributed by atoms with E-state index >= 15 is 0 Å². The highest BCUT2D eigenvalue weighted by Gasteiger charge is 2.33. The molecule has 1 atom stereocenters. The van der Waals surface area contributed by atoms with Gasteiger partial charge in [-0.3, -0.25) is 9.78 Å². The zero-order chi connectivity index (χ0) is 14.9. The lowest BCUT2D eigenvalue weighted by molar-refractivity contribution is 0.0930. The Morgan fingerprint density at radius 3 is 2.64 bits per heavy atom. The largest absolute Gasteiger partial charge is 0.357 e. The van der Waals surface area contributed by atoms with Gasteiger partial charge >= 0.3 is 0 Å². The third-order valence-electron chi connectivity index (χ3n) is 5.16. The van der Waals surface area contributed by atoms with Crippen LogP contribution in [0.25, 0.3) is 11.3 Å². The quantitative estimate of drug-likeness (QED) is 0.891. The predicted octanol–water partition coefficient (Wildman–Crippen LogP) is 3.48. The first-order valence-electron chi connectivity index (χ1n) is 8.24. The molecule has 1 unspecified atom stereocenters. The van der Waals surface area contributed by atoms with Crippen LogP contribution in [-0.2, 0) is 0 Å². The average molecular weight is 295 g/mol. The van der Waals surface area contributed by atoms with Gasteiger partial charge in [0.15, 0.2) is 0 Å². The summed E-state index contributed by atoms with van der Waals surface area (Å²) in [6, 6.07) is 5.95. The maximum atomic E-state index is 12.2. The second kappa shape index (κ2) is 5.59. The normalized spacial score (nSPS) is 22.2. The molecule has 4 heteroatoms. The van der Waals surface area contributed by atoms with Gasteiger partial charge in [-0.05, 0) is 37.0 Å². The van der Waals surface area contributed by atoms with Crippen LogP contribution >= 0.6 is 0 Å². The minimum atomic E-state index is 0.0543. The van der Waals surface area contributed by atoms with E-state index in [1.807, 2.05) is 18.2 Å². The number of rotatable bonds is 2. The second-order valence-corrected chi connectivity index (χ2v) is 6.46. The molecule has 0 bridgehead atoms. The number of amides is 1. The fourth-order valence-corrected chi connectivity index (χ4v) is 3.98. The Labute approximate surface area is 130 Å². The van der Waals surface area contributed by atoms with E-state index in [1.165, 1.54) is 32.1 Å². The molecule has 0 aromatic carbocycles. The summed E-state index contributed by atoms with van der Waals surface area (Å²) in [6.07, 6.45) is 10.1. The van der Waals surface area contributed by atoms with Crippen LogP contribution in [0.2, 0.25) is 0 Å². The fourth-order valence-electron chi connectivity index (χ4n) is 3.98. The molecular weight excluding hydrogens is 274 g/mol. The van der Waals surface area contributed by atoms with Gasteiger partial charge in [-0.15, -0.1) is 0 Å². The summed E-state index contributed by atoms with van der Waals surface area (Å²) in [7, 11) is 0. The van der Waals surface area contributed by atoms with Gasteiger partial charge in [0.1, 0.15) is 0 Å². The molecule has 0 saturated heterocycles. The molecule has 2 N–H and O–H groups in total. The van der Waals surface area contributed by atoms with Crippen molar-refractivity contribution in [1.29, 1.82) is 0 Å². The first kappa shape index (κ1) is 13.6. The molecule has 22 heavy (non-hydrogen) atoms. The van der Waals surface area contributed by atoms with Crippen molar-refractivity contribution in [3.8, 4) is 11.3 Å². The molecule has 1 saturated carbocycles. The van der Waals surface area contributed by atoms with Crippen molar-refractivity contribution in [2.24, 2.45) is 5.92 Å². The molecule has 2 aliphatic rings. The molecular formula is C18H21N3O. The molecule has 1 fully saturated rings. The summed E-state index contributed by atoms with van der Waals surface area (Å²) < 4.78 is 0. The number of nitrogens with one attached hydrogen (secondary N) is 2. The number of nitrogens with zero attached hydrogens (tertiary/aromatic N) is 1. The Morgan fingerprint density at radius 1 is 1.09 bits per heavy atom. The van der Waals surface area contributed by atoms with Crippen LogP contribution in [0.5, 0.6) is 0 Å². The topological polar surface area (TPSA) is 57.8 Å². The Hall–Kier alpha value is -2.10. The van der Waals surface area contributed by atoms with E-state index in [1.54, 1.807) is 12.4 Å². The molecule has 4 rings (SSSR count). The molecule has 1 aliphatic carbocycles. The fraction of sp³-hybridized carbons (Fsp3) is 0.444. The van der Waals surface area contributed by atoms with Gasteiger partial charge in [0.25, 0.3) is 5.91 Å². The molecule has 2 aromatic rings. The first-order valence-corrected chi connectivity index (χ1v) is 8.24. The number of aromatic amines is 1. The molecule has 2 aromatic heterocycles. The van der Waals surface area contributed by atoms with Crippen LogP contribution in [0.3, 0.4) is 0 Å². The van der Waals surface area contributed by atoms with Gasteiger partial charge < -0.3 is 10.3 Å². The average Bonchev–Trinajstić information content (AvgIpc) is 3.03. The summed E-state index contributed by atoms with van der Waals surface area (Å²) in [5.41, 5.74) is 4.07. The van der Waals surface area contributed by atoms with Gasteiger partial charge in [0.05, 0.1) is 5.56 Å². The summed E-state index contributed by atoms with van der Waals surface area (Å²) in [5.74, 6) is 1.18. The zero-order valence-corrected chi connectivity index (χ0v) is 12.6. The van der Waals surface area contributed by atoms with Gasteiger partial charge in [0, 0.05) is 41.8 Å². The third-order valence-corrected chi connectivity index (χ3v) is 5.16. The highest BCUT2D eigenvalue weighted by molar-refractivity contribution is 5.98. The van der Waals surface area contributed by atoms with E-state index in [0.717, 1.165) is 29.1 Å². The Morgan fingerprint density at radius 2 is 1.86 bits per heavy atom. The monoisotopic (exact) mass is 295 g/mol. The SMILES string of the molecule is O=C1NCC(C2CCCCC2)c2[nH]c(-c3ccncc3)cc21. The Balaban J connectivity index is 1.71. The van der Waals surface area contributed by atoms with Crippen molar-refractivity contribution in [1.82, 2.24) is 15.3 Å². The Kier molecular flexibility index (Phi) is 3.45. The van der Waals surface area contributed by atoms with E-state index in [9.17, 15) is 4.79 Å². The summed E-state index contributed by atoms with van der Waals surface area (Å²) in [6.45, 7) is 0.771. The number of pyridine rings is 1. The van der Waals surface area contributed by atoms with Crippen molar-refractivity contribution in [3.63, 3.8) is 0 Å². The zero-order valence-electron chi connectivity index (χ0n) is 12.6. The molecule has 4 nitrogen and oxygen atoms in total. The van der Waals surface area contributed by atoms with Gasteiger partial charge in [-0.1, -0.05) is 19.3 Å². The lowest BCUT2D eigenvalue weighted by Crippen LogP contribution is -2.38. The summed E-state index contributed by atoms with van der Waals surface area (Å²) in [4.78, 5) is 19.8. The number of H-pyrrole nitrogens is 1. The lowest BCUT2D eigenvalue weighted by Gasteiger charge is -2.33. The maximum Gasteiger partial charge on any atom is 0.253 e. The van der Waals surface area contributed by atoms with Crippen molar-refractivity contribution in [2.75, 3.05) is 6.54 Å². The minimum absolute atomic E-state index is 0.0543. The van der Waals surface area contributed by atoms with E-state index < -0.39 is 0 Å². The van der Waals surface area contributed by atoms with Crippen LogP contribution in [0.15, 0.2) is 30.6 Å². The maximum absolute atomic E-state index is 12.2. The predicted molar refractivity (Wildman–Crippen MR) is 85.7 cm³/mol. The molecule has 0 spiro atoms. The van der Waals surface area contributed by atoms with E-state index in [0.29, 0.717) is 11.8 Å². The molecule has 114 valence electrons. The molecule has 0 radical (unpaired) electrons. The number of carbonyl (C=O) groups is 1. The van der Waals surface area contributed by atoms with Crippen LogP contribution in [0.1, 0.15) is 54.1 Å². The number of fused-ring (bicyclic) bond motifs is 1. The van der Waals surface area contributed by atoms with Crippen molar-refractivity contribution < 1.29 is 4.79 Å². The van der Waals surface area contributed by atoms with Crippen LogP contribution < -0.4 is 5.32 Å². The van der Waals surface area contributed by atoms with E-state index in [2.05, 4.69) is 15.3 Å². The second-order valence-electron chi connectivity index (χ2n) is 6.46. The van der Waals surface area contributed by atoms with Crippen molar-refractivity contribution in [2.45, 2.75) is 38.0 Å². The molecule has 1 aliphatic heterocycles. The van der Waals surface area contributed by atoms with Crippen molar-refractivity contribution in [3.05, 3.63) is 41.9 Å². The van der Waals surface area contributed by atoms with Crippen LogP contribution in [0, 0.1) is 5.92 Å². The molecule has 1 amide bonds. The smallest absolute Gasteiger partial charge is 0.253 e. The first-order chi connectivity index (χ1) is 10.8. The summed E-state index contributed by atoms with van der Waals surface area (Å²) in [5, 5.41) is 3.08. The highest BCUT2D eigenvalue weighted by atomic mass is 16.1. The standard InChI is InChI=1S/C18H21N3O/c22-18-14-10-16(13-6-8-19-9-7-13)21-17(14)15(11-20-18)12-4-2-1-3-5-12/h6-10,12,15,21H,1-5,11H2,(H,20,22). The van der Waals surface area contributed by atoms with E-state index in [-0.39, 0.29) is 5.91 Å². The number of aromatic nitrogens is 2. The minimum Gasteiger partial charge on any atom is -0.357 e. The van der Waals surface area contributed by atoms with Crippen LogP contribution in [0.4, 0.5) is 0 Å². The van der Waals surface area contributed by atoms with Gasteiger partial charge in [-0.2, -0.15) is 0 Å². The number of hydrogen-bond acceptors (Lipinski definition) is 2. The lowest BCUT2D eigenvalue weighted by atomic mass is 9.76. The third kappa shape index (κ3) is 2.32. The van der Waals surface area contributed by atoms with Gasteiger partial charge in [-0.25, -0.2) is 0 Å². The number of hydrogen-bond donors (Lipinski definition) is 2. The Bertz CT molecular complexity index is 671.